The van der Waals surface area contributed by atoms with Crippen LogP contribution in [0, 0.1) is 0 Å². The molecule has 0 saturated carbocycles. The second-order valence-electron chi connectivity index (χ2n) is 6.41. The molecule has 26 heavy (non-hydrogen) atoms. The summed E-state index contributed by atoms with van der Waals surface area (Å²) < 4.78 is 5.73. The van der Waals surface area contributed by atoms with Crippen LogP contribution >= 0.6 is 23.2 Å². The Morgan fingerprint density at radius 1 is 1.12 bits per heavy atom. The summed E-state index contributed by atoms with van der Waals surface area (Å²) in [4.78, 5) is 6.57. The summed E-state index contributed by atoms with van der Waals surface area (Å²) in [6.07, 6.45) is 1.66. The molecule has 5 nitrogen and oxygen atoms in total. The molecule has 2 atom stereocenters. The van der Waals surface area contributed by atoms with E-state index >= 15 is 0 Å². The molecular weight excluding hydrogens is 373 g/mol. The van der Waals surface area contributed by atoms with Crippen molar-refractivity contribution in [2.75, 3.05) is 27.2 Å². The molecule has 7 heteroatoms. The zero-order valence-electron chi connectivity index (χ0n) is 14.6. The second-order valence-corrected chi connectivity index (χ2v) is 7.22. The van der Waals surface area contributed by atoms with Gasteiger partial charge in [-0.15, -0.1) is 0 Å². The van der Waals surface area contributed by atoms with E-state index in [1.807, 2.05) is 32.3 Å². The average molecular weight is 394 g/mol. The van der Waals surface area contributed by atoms with Crippen LogP contribution in [0.25, 0.3) is 0 Å². The summed E-state index contributed by atoms with van der Waals surface area (Å²) in [7, 11) is 4.00. The van der Waals surface area contributed by atoms with Crippen LogP contribution in [0.2, 0.25) is 10.0 Å². The molecule has 2 aromatic rings. The third-order valence-corrected chi connectivity index (χ3v) is 4.88. The van der Waals surface area contributed by atoms with E-state index in [0.717, 1.165) is 23.4 Å². The van der Waals surface area contributed by atoms with Crippen LogP contribution in [-0.2, 0) is 0 Å². The van der Waals surface area contributed by atoms with E-state index in [0.29, 0.717) is 16.7 Å². The summed E-state index contributed by atoms with van der Waals surface area (Å²) >= 11 is 12.8. The predicted octanol–water partition coefficient (Wildman–Crippen LogP) is 4.05. The molecule has 0 amide bonds. The lowest BCUT2D eigenvalue weighted by Crippen LogP contribution is -2.20. The maximum atomic E-state index is 9.57. The van der Waals surface area contributed by atoms with E-state index in [9.17, 15) is 5.11 Å². The van der Waals surface area contributed by atoms with Crippen molar-refractivity contribution in [1.82, 2.24) is 10.2 Å². The van der Waals surface area contributed by atoms with Crippen LogP contribution < -0.4 is 10.1 Å². The van der Waals surface area contributed by atoms with E-state index in [-0.39, 0.29) is 17.8 Å². The highest BCUT2D eigenvalue weighted by Crippen LogP contribution is 2.41. The molecule has 0 saturated heterocycles. The highest BCUT2D eigenvalue weighted by molar-refractivity contribution is 6.32. The van der Waals surface area contributed by atoms with Gasteiger partial charge in [0.05, 0.1) is 12.4 Å². The fourth-order valence-electron chi connectivity index (χ4n) is 2.85. The number of aliphatic imine (C=N–C) groups is 1. The van der Waals surface area contributed by atoms with Crippen molar-refractivity contribution in [3.8, 4) is 11.5 Å². The number of hydrogen-bond donors (Lipinski definition) is 2. The van der Waals surface area contributed by atoms with E-state index < -0.39 is 0 Å². The molecule has 0 spiro atoms. The minimum absolute atomic E-state index is 0.131. The van der Waals surface area contributed by atoms with Crippen molar-refractivity contribution in [1.29, 1.82) is 0 Å². The SMILES string of the molecule is CN(C)CCOc1ccc([C@H]2N=CN[C@H]2c2ccc(O)cc2Cl)c(Cl)c1. The summed E-state index contributed by atoms with van der Waals surface area (Å²) in [5.41, 5.74) is 1.75. The highest BCUT2D eigenvalue weighted by Gasteiger charge is 2.30. The van der Waals surface area contributed by atoms with Crippen molar-refractivity contribution in [3.63, 3.8) is 0 Å². The van der Waals surface area contributed by atoms with E-state index in [2.05, 4.69) is 15.2 Å². The molecule has 0 aromatic heterocycles. The Kier molecular flexibility index (Phi) is 5.91. The van der Waals surface area contributed by atoms with Gasteiger partial charge in [-0.2, -0.15) is 0 Å². The van der Waals surface area contributed by atoms with Crippen LogP contribution in [-0.4, -0.2) is 43.6 Å². The number of nitrogens with zero attached hydrogens (tertiary/aromatic N) is 2. The van der Waals surface area contributed by atoms with Gasteiger partial charge < -0.3 is 20.1 Å². The number of halogens is 2. The predicted molar refractivity (Wildman–Crippen MR) is 106 cm³/mol. The number of phenols is 1. The lowest BCUT2D eigenvalue weighted by atomic mass is 9.94. The summed E-state index contributed by atoms with van der Waals surface area (Å²) in [6.45, 7) is 1.43. The second kappa shape index (κ2) is 8.16. The topological polar surface area (TPSA) is 57.1 Å². The number of aromatic hydroxyl groups is 1. The molecular formula is C19H21Cl2N3O2. The number of rotatable bonds is 6. The minimum atomic E-state index is -0.208. The number of hydrogen-bond acceptors (Lipinski definition) is 5. The minimum Gasteiger partial charge on any atom is -0.508 e. The average Bonchev–Trinajstić information content (AvgIpc) is 3.03. The van der Waals surface area contributed by atoms with Gasteiger partial charge in [-0.25, -0.2) is 0 Å². The molecule has 138 valence electrons. The number of phenolic OH excluding ortho intramolecular Hbond substituents is 1. The van der Waals surface area contributed by atoms with Crippen LogP contribution in [0.15, 0.2) is 41.4 Å². The van der Waals surface area contributed by atoms with Gasteiger partial charge in [0.25, 0.3) is 0 Å². The summed E-state index contributed by atoms with van der Waals surface area (Å²) in [5.74, 6) is 0.862. The van der Waals surface area contributed by atoms with Crippen LogP contribution in [0.3, 0.4) is 0 Å². The van der Waals surface area contributed by atoms with E-state index in [4.69, 9.17) is 27.9 Å². The fourth-order valence-corrected chi connectivity index (χ4v) is 3.43. The molecule has 2 aromatic carbocycles. The first-order valence-corrected chi connectivity index (χ1v) is 9.04. The normalized spacial score (nSPS) is 19.0. The maximum Gasteiger partial charge on any atom is 0.120 e. The Hall–Kier alpha value is -1.95. The van der Waals surface area contributed by atoms with Gasteiger partial charge in [0, 0.05) is 16.6 Å². The van der Waals surface area contributed by atoms with Crippen molar-refractivity contribution in [3.05, 3.63) is 57.6 Å². The van der Waals surface area contributed by atoms with Crippen molar-refractivity contribution in [2.24, 2.45) is 4.99 Å². The summed E-state index contributed by atoms with van der Waals surface area (Å²) in [5, 5.41) is 13.9. The standard InChI is InChI=1S/C19H21Cl2N3O2/c1-24(2)7-8-26-13-4-6-15(17(21)10-13)19-18(22-11-23-19)14-5-3-12(25)9-16(14)20/h3-6,9-11,18-19,25H,7-8H2,1-2H3,(H,22,23)/t18-,19+/m0/s1. The Morgan fingerprint density at radius 3 is 2.54 bits per heavy atom. The number of nitrogens with one attached hydrogen (secondary N) is 1. The lowest BCUT2D eigenvalue weighted by molar-refractivity contribution is 0.261. The monoisotopic (exact) mass is 393 g/mol. The Morgan fingerprint density at radius 2 is 1.85 bits per heavy atom. The molecule has 0 unspecified atom stereocenters. The van der Waals surface area contributed by atoms with Gasteiger partial charge >= 0.3 is 0 Å². The Labute approximate surface area is 163 Å². The molecule has 1 aliphatic heterocycles. The van der Waals surface area contributed by atoms with Gasteiger partial charge in [-0.1, -0.05) is 35.3 Å². The first-order valence-electron chi connectivity index (χ1n) is 8.29. The molecule has 0 aliphatic carbocycles. The first-order chi connectivity index (χ1) is 12.5. The number of benzene rings is 2. The van der Waals surface area contributed by atoms with Crippen LogP contribution in [0.1, 0.15) is 23.2 Å². The first kappa shape index (κ1) is 18.8. The number of likely N-dealkylation sites (N-methyl/N-ethyl adjacent to an activating group) is 1. The van der Waals surface area contributed by atoms with Crippen molar-refractivity contribution >= 4 is 29.5 Å². The fraction of sp³-hybridized carbons (Fsp3) is 0.316. The van der Waals surface area contributed by atoms with Crippen LogP contribution in [0.4, 0.5) is 0 Å². The van der Waals surface area contributed by atoms with Gasteiger partial charge in [0.1, 0.15) is 24.1 Å². The smallest absolute Gasteiger partial charge is 0.120 e. The molecule has 0 fully saturated rings. The molecule has 1 aliphatic rings. The number of ether oxygens (including phenoxy) is 1. The molecule has 0 bridgehead atoms. The van der Waals surface area contributed by atoms with E-state index in [1.165, 1.54) is 6.07 Å². The molecule has 0 radical (unpaired) electrons. The van der Waals surface area contributed by atoms with Crippen molar-refractivity contribution in [2.45, 2.75) is 12.1 Å². The van der Waals surface area contributed by atoms with Gasteiger partial charge in [-0.3, -0.25) is 4.99 Å². The van der Waals surface area contributed by atoms with Gasteiger partial charge in [0.15, 0.2) is 0 Å². The molecule has 1 heterocycles. The van der Waals surface area contributed by atoms with Crippen LogP contribution in [0.5, 0.6) is 11.5 Å². The summed E-state index contributed by atoms with van der Waals surface area (Å²) in [6, 6.07) is 10.2. The quantitative estimate of drug-likeness (QED) is 0.776. The van der Waals surface area contributed by atoms with Gasteiger partial charge in [-0.05, 0) is 49.5 Å². The third kappa shape index (κ3) is 4.23. The Balaban J connectivity index is 1.80. The van der Waals surface area contributed by atoms with E-state index in [1.54, 1.807) is 18.5 Å². The van der Waals surface area contributed by atoms with Gasteiger partial charge in [0.2, 0.25) is 0 Å². The third-order valence-electron chi connectivity index (χ3n) is 4.22. The molecule has 3 rings (SSSR count). The maximum absolute atomic E-state index is 9.57. The molecule has 2 N–H and O–H groups in total. The van der Waals surface area contributed by atoms with Crippen molar-refractivity contribution < 1.29 is 9.84 Å². The zero-order valence-corrected chi connectivity index (χ0v) is 16.1. The highest BCUT2D eigenvalue weighted by atomic mass is 35.5. The zero-order chi connectivity index (χ0) is 18.7. The Bertz CT molecular complexity index is 811. The lowest BCUT2D eigenvalue weighted by Gasteiger charge is -2.22. The largest absolute Gasteiger partial charge is 0.508 e.